The largest absolute Gasteiger partial charge is 0.491 e. The Morgan fingerprint density at radius 1 is 1.38 bits per heavy atom. The smallest absolute Gasteiger partial charge is 0.238 e. The van der Waals surface area contributed by atoms with E-state index in [-0.39, 0.29) is 17.9 Å². The van der Waals surface area contributed by atoms with Crippen LogP contribution in [0.3, 0.4) is 0 Å². The molecule has 3 N–H and O–H groups in total. The third kappa shape index (κ3) is 4.46. The lowest BCUT2D eigenvalue weighted by molar-refractivity contribution is -0.120. The number of primary amides is 1. The Morgan fingerprint density at radius 3 is 2.48 bits per heavy atom. The maximum atomic E-state index is 11.4. The molecule has 21 heavy (non-hydrogen) atoms. The second-order valence-electron chi connectivity index (χ2n) is 6.47. The SMILES string of the molecule is CCC(C)(C)c1ccc(OCC(NC2CC2)C(N)=O)cc1. The summed E-state index contributed by atoms with van der Waals surface area (Å²) in [5.74, 6) is 0.417. The van der Waals surface area contributed by atoms with Crippen molar-refractivity contribution in [1.82, 2.24) is 5.32 Å². The van der Waals surface area contributed by atoms with Gasteiger partial charge in [-0.2, -0.15) is 0 Å². The summed E-state index contributed by atoms with van der Waals surface area (Å²) in [4.78, 5) is 11.4. The van der Waals surface area contributed by atoms with Crippen LogP contribution in [0.1, 0.15) is 45.6 Å². The Bertz CT molecular complexity index is 478. The van der Waals surface area contributed by atoms with E-state index in [1.165, 1.54) is 5.56 Å². The molecule has 4 heteroatoms. The van der Waals surface area contributed by atoms with E-state index in [1.807, 2.05) is 12.1 Å². The highest BCUT2D eigenvalue weighted by molar-refractivity contribution is 5.80. The summed E-state index contributed by atoms with van der Waals surface area (Å²) in [5.41, 5.74) is 6.85. The molecule has 1 aromatic rings. The van der Waals surface area contributed by atoms with Crippen LogP contribution in [0.15, 0.2) is 24.3 Å². The van der Waals surface area contributed by atoms with Crippen molar-refractivity contribution >= 4 is 5.91 Å². The molecule has 1 saturated carbocycles. The predicted molar refractivity (Wildman–Crippen MR) is 84.4 cm³/mol. The number of hydrogen-bond acceptors (Lipinski definition) is 3. The van der Waals surface area contributed by atoms with E-state index in [9.17, 15) is 4.79 Å². The fourth-order valence-electron chi connectivity index (χ4n) is 2.13. The van der Waals surface area contributed by atoms with Gasteiger partial charge in [0.25, 0.3) is 0 Å². The van der Waals surface area contributed by atoms with Crippen LogP contribution in [0, 0.1) is 0 Å². The molecule has 4 nitrogen and oxygen atoms in total. The summed E-state index contributed by atoms with van der Waals surface area (Å²) in [7, 11) is 0. The number of ether oxygens (including phenoxy) is 1. The minimum absolute atomic E-state index is 0.168. The molecule has 0 heterocycles. The maximum absolute atomic E-state index is 11.4. The van der Waals surface area contributed by atoms with E-state index in [4.69, 9.17) is 10.5 Å². The number of benzene rings is 1. The summed E-state index contributed by atoms with van der Waals surface area (Å²) in [6.45, 7) is 6.92. The number of carbonyl (C=O) groups is 1. The summed E-state index contributed by atoms with van der Waals surface area (Å²) < 4.78 is 5.70. The van der Waals surface area contributed by atoms with E-state index in [0.29, 0.717) is 6.04 Å². The van der Waals surface area contributed by atoms with E-state index >= 15 is 0 Å². The molecule has 2 rings (SSSR count). The molecule has 1 amide bonds. The number of amides is 1. The van der Waals surface area contributed by atoms with Crippen molar-refractivity contribution in [2.45, 2.75) is 57.5 Å². The van der Waals surface area contributed by atoms with Gasteiger partial charge in [-0.15, -0.1) is 0 Å². The van der Waals surface area contributed by atoms with Gasteiger partial charge in [-0.3, -0.25) is 4.79 Å². The van der Waals surface area contributed by atoms with Gasteiger partial charge in [0.2, 0.25) is 5.91 Å². The van der Waals surface area contributed by atoms with Crippen molar-refractivity contribution in [3.63, 3.8) is 0 Å². The first-order valence-electron chi connectivity index (χ1n) is 7.71. The Labute approximate surface area is 127 Å². The second kappa shape index (κ2) is 6.48. The first kappa shape index (κ1) is 15.8. The van der Waals surface area contributed by atoms with Crippen LogP contribution < -0.4 is 15.8 Å². The van der Waals surface area contributed by atoms with Crippen LogP contribution in [0.4, 0.5) is 0 Å². The Hall–Kier alpha value is -1.55. The fraction of sp³-hybridized carbons (Fsp3) is 0.588. The van der Waals surface area contributed by atoms with Gasteiger partial charge in [-0.05, 0) is 42.4 Å². The summed E-state index contributed by atoms with van der Waals surface area (Å²) in [5, 5.41) is 3.21. The van der Waals surface area contributed by atoms with Crippen LogP contribution >= 0.6 is 0 Å². The van der Waals surface area contributed by atoms with Gasteiger partial charge < -0.3 is 15.8 Å². The number of nitrogens with one attached hydrogen (secondary N) is 1. The van der Waals surface area contributed by atoms with E-state index in [2.05, 4.69) is 38.2 Å². The molecule has 1 unspecified atom stereocenters. The van der Waals surface area contributed by atoms with Gasteiger partial charge in [-0.25, -0.2) is 0 Å². The number of carbonyl (C=O) groups excluding carboxylic acids is 1. The molecule has 1 fully saturated rings. The normalized spacial score (nSPS) is 16.5. The molecular weight excluding hydrogens is 264 g/mol. The summed E-state index contributed by atoms with van der Waals surface area (Å²) in [6, 6.07) is 8.12. The van der Waals surface area contributed by atoms with Crippen LogP contribution in [0.5, 0.6) is 5.75 Å². The molecule has 0 saturated heterocycles. The number of nitrogens with two attached hydrogens (primary N) is 1. The molecular formula is C17H26N2O2. The molecule has 0 bridgehead atoms. The second-order valence-corrected chi connectivity index (χ2v) is 6.47. The monoisotopic (exact) mass is 290 g/mol. The zero-order valence-corrected chi connectivity index (χ0v) is 13.2. The van der Waals surface area contributed by atoms with Crippen LogP contribution in [0.25, 0.3) is 0 Å². The Kier molecular flexibility index (Phi) is 4.88. The van der Waals surface area contributed by atoms with E-state index in [1.54, 1.807) is 0 Å². The average Bonchev–Trinajstić information content (AvgIpc) is 3.27. The minimum Gasteiger partial charge on any atom is -0.491 e. The molecule has 0 spiro atoms. The van der Waals surface area contributed by atoms with Crippen LogP contribution in [0.2, 0.25) is 0 Å². The predicted octanol–water partition coefficient (Wildman–Crippen LogP) is 2.36. The van der Waals surface area contributed by atoms with Crippen LogP contribution in [-0.4, -0.2) is 24.6 Å². The first-order chi connectivity index (χ1) is 9.92. The molecule has 0 radical (unpaired) electrons. The van der Waals surface area contributed by atoms with E-state index < -0.39 is 6.04 Å². The van der Waals surface area contributed by atoms with Gasteiger partial charge in [0.15, 0.2) is 0 Å². The third-order valence-electron chi connectivity index (χ3n) is 4.29. The maximum Gasteiger partial charge on any atom is 0.238 e. The lowest BCUT2D eigenvalue weighted by Crippen LogP contribution is -2.46. The standard InChI is InChI=1S/C17H26N2O2/c1-4-17(2,3)12-5-9-14(10-6-12)21-11-15(16(18)20)19-13-7-8-13/h5-6,9-10,13,15,19H,4,7-8,11H2,1-3H3,(H2,18,20). The third-order valence-corrected chi connectivity index (χ3v) is 4.29. The highest BCUT2D eigenvalue weighted by Crippen LogP contribution is 2.28. The van der Waals surface area contributed by atoms with Gasteiger partial charge in [0, 0.05) is 6.04 Å². The minimum atomic E-state index is -0.413. The van der Waals surface area contributed by atoms with Crippen molar-refractivity contribution in [2.75, 3.05) is 6.61 Å². The number of hydrogen-bond donors (Lipinski definition) is 2. The highest BCUT2D eigenvalue weighted by atomic mass is 16.5. The van der Waals surface area contributed by atoms with Crippen molar-refractivity contribution in [1.29, 1.82) is 0 Å². The van der Waals surface area contributed by atoms with Gasteiger partial charge in [0.1, 0.15) is 18.4 Å². The molecule has 1 aromatic carbocycles. The highest BCUT2D eigenvalue weighted by Gasteiger charge is 2.27. The number of rotatable bonds is 8. The fourth-order valence-corrected chi connectivity index (χ4v) is 2.13. The summed E-state index contributed by atoms with van der Waals surface area (Å²) in [6.07, 6.45) is 3.32. The average molecular weight is 290 g/mol. The zero-order valence-electron chi connectivity index (χ0n) is 13.2. The molecule has 0 aliphatic heterocycles. The first-order valence-corrected chi connectivity index (χ1v) is 7.71. The molecule has 0 aromatic heterocycles. The topological polar surface area (TPSA) is 64.3 Å². The van der Waals surface area contributed by atoms with Crippen molar-refractivity contribution < 1.29 is 9.53 Å². The van der Waals surface area contributed by atoms with Crippen molar-refractivity contribution in [3.05, 3.63) is 29.8 Å². The Morgan fingerprint density at radius 2 is 2.00 bits per heavy atom. The lowest BCUT2D eigenvalue weighted by atomic mass is 9.82. The Balaban J connectivity index is 1.91. The van der Waals surface area contributed by atoms with Gasteiger partial charge in [-0.1, -0.05) is 32.9 Å². The van der Waals surface area contributed by atoms with E-state index in [0.717, 1.165) is 25.0 Å². The van der Waals surface area contributed by atoms with Crippen molar-refractivity contribution in [2.24, 2.45) is 5.73 Å². The van der Waals surface area contributed by atoms with Crippen molar-refractivity contribution in [3.8, 4) is 5.75 Å². The molecule has 1 atom stereocenters. The molecule has 116 valence electrons. The zero-order chi connectivity index (χ0) is 15.5. The summed E-state index contributed by atoms with van der Waals surface area (Å²) >= 11 is 0. The molecule has 1 aliphatic carbocycles. The van der Waals surface area contributed by atoms with Gasteiger partial charge in [0.05, 0.1) is 0 Å². The lowest BCUT2D eigenvalue weighted by Gasteiger charge is -2.23. The quantitative estimate of drug-likeness (QED) is 0.772. The molecule has 1 aliphatic rings. The van der Waals surface area contributed by atoms with Crippen LogP contribution in [-0.2, 0) is 10.2 Å². The van der Waals surface area contributed by atoms with Gasteiger partial charge >= 0.3 is 0 Å².